The Bertz CT molecular complexity index is 778. The summed E-state index contributed by atoms with van der Waals surface area (Å²) in [5.74, 6) is 0.966. The molecular weight excluding hydrogens is 332 g/mol. The second-order valence-corrected chi connectivity index (χ2v) is 7.31. The first kappa shape index (κ1) is 17.4. The van der Waals surface area contributed by atoms with Crippen LogP contribution in [0.15, 0.2) is 59.6 Å². The molecule has 1 aliphatic heterocycles. The summed E-state index contributed by atoms with van der Waals surface area (Å²) in [6.07, 6.45) is 0.948. The number of para-hydroxylation sites is 1. The van der Waals surface area contributed by atoms with Crippen LogP contribution in [0.4, 0.5) is 10.5 Å². The number of urea groups is 1. The van der Waals surface area contributed by atoms with Gasteiger partial charge in [-0.05, 0) is 36.6 Å². The van der Waals surface area contributed by atoms with Crippen molar-refractivity contribution < 1.29 is 4.79 Å². The molecule has 130 valence electrons. The van der Waals surface area contributed by atoms with Gasteiger partial charge in [-0.15, -0.1) is 0 Å². The number of aliphatic imine (C=N–C) groups is 1. The first-order valence-electron chi connectivity index (χ1n) is 8.23. The van der Waals surface area contributed by atoms with Gasteiger partial charge in [-0.2, -0.15) is 0 Å². The number of nitrogens with two attached hydrogens (primary N) is 1. The van der Waals surface area contributed by atoms with Crippen LogP contribution in [0.2, 0.25) is 0 Å². The van der Waals surface area contributed by atoms with Crippen LogP contribution in [-0.2, 0) is 12.1 Å². The fraction of sp³-hybridized carbons (Fsp3) is 0.263. The van der Waals surface area contributed by atoms with Crippen LogP contribution in [0.1, 0.15) is 24.5 Å². The number of anilines is 1. The maximum Gasteiger partial charge on any atom is 0.319 e. The third kappa shape index (κ3) is 4.54. The Morgan fingerprint density at radius 1 is 1.24 bits per heavy atom. The van der Waals surface area contributed by atoms with Crippen LogP contribution in [0.25, 0.3) is 0 Å². The van der Waals surface area contributed by atoms with Crippen molar-refractivity contribution in [3.8, 4) is 0 Å². The number of carbonyl (C=O) groups excluding carboxylic acids is 1. The van der Waals surface area contributed by atoms with Crippen LogP contribution in [-0.4, -0.2) is 17.0 Å². The molecule has 0 radical (unpaired) electrons. The van der Waals surface area contributed by atoms with Crippen LogP contribution >= 0.6 is 11.8 Å². The van der Waals surface area contributed by atoms with E-state index in [2.05, 4.69) is 34.7 Å². The van der Waals surface area contributed by atoms with Gasteiger partial charge in [0.15, 0.2) is 5.17 Å². The molecule has 0 fully saturated rings. The quantitative estimate of drug-likeness (QED) is 0.784. The third-order valence-corrected chi connectivity index (χ3v) is 5.02. The van der Waals surface area contributed by atoms with Crippen LogP contribution < -0.4 is 16.4 Å². The molecule has 2 aromatic carbocycles. The Hall–Kier alpha value is -2.47. The van der Waals surface area contributed by atoms with Crippen molar-refractivity contribution >= 4 is 28.6 Å². The van der Waals surface area contributed by atoms with E-state index in [1.165, 1.54) is 0 Å². The minimum Gasteiger partial charge on any atom is -0.379 e. The van der Waals surface area contributed by atoms with Gasteiger partial charge in [-0.3, -0.25) is 4.99 Å². The minimum atomic E-state index is -0.294. The summed E-state index contributed by atoms with van der Waals surface area (Å²) in [6, 6.07) is 17.3. The van der Waals surface area contributed by atoms with Gasteiger partial charge in [0.25, 0.3) is 0 Å². The normalized spacial score (nSPS) is 19.8. The molecule has 1 aliphatic rings. The molecule has 3 rings (SSSR count). The van der Waals surface area contributed by atoms with E-state index in [9.17, 15) is 4.79 Å². The van der Waals surface area contributed by atoms with E-state index in [1.807, 2.05) is 42.5 Å². The summed E-state index contributed by atoms with van der Waals surface area (Å²) in [5.41, 5.74) is 8.54. The summed E-state index contributed by atoms with van der Waals surface area (Å²) in [4.78, 5) is 16.6. The molecule has 4 N–H and O–H groups in total. The SMILES string of the molecule is CC1(c2cccc(CNC(=O)Nc3ccccc3)c2)CCSC(N)=N1. The van der Waals surface area contributed by atoms with E-state index < -0.39 is 0 Å². The summed E-state index contributed by atoms with van der Waals surface area (Å²) in [7, 11) is 0. The number of amidine groups is 1. The topological polar surface area (TPSA) is 79.5 Å². The highest BCUT2D eigenvalue weighted by Gasteiger charge is 2.29. The zero-order valence-electron chi connectivity index (χ0n) is 14.2. The smallest absolute Gasteiger partial charge is 0.319 e. The second-order valence-electron chi connectivity index (χ2n) is 6.20. The number of thioether (sulfide) groups is 1. The van der Waals surface area contributed by atoms with E-state index in [0.717, 1.165) is 29.0 Å². The highest BCUT2D eigenvalue weighted by molar-refractivity contribution is 8.13. The molecule has 0 spiro atoms. The van der Waals surface area contributed by atoms with Crippen LogP contribution in [0, 0.1) is 0 Å². The second kappa shape index (κ2) is 7.61. The molecule has 5 nitrogen and oxygen atoms in total. The zero-order chi connectivity index (χ0) is 17.7. The number of carbonyl (C=O) groups is 1. The monoisotopic (exact) mass is 354 g/mol. The number of hydrogen-bond donors (Lipinski definition) is 3. The minimum absolute atomic E-state index is 0.223. The standard InChI is InChI=1S/C19H22N4OS/c1-19(10-11-25-17(20)23-19)15-7-5-6-14(12-15)13-21-18(24)22-16-8-3-2-4-9-16/h2-9,12H,10-11,13H2,1H3,(H2,20,23)(H2,21,22,24). The van der Waals surface area contributed by atoms with Crippen LogP contribution in [0.5, 0.6) is 0 Å². The lowest BCUT2D eigenvalue weighted by Gasteiger charge is -2.30. The predicted molar refractivity (Wildman–Crippen MR) is 105 cm³/mol. The number of nitrogens with zero attached hydrogens (tertiary/aromatic N) is 1. The lowest BCUT2D eigenvalue weighted by molar-refractivity contribution is 0.251. The molecular formula is C19H22N4OS. The highest BCUT2D eigenvalue weighted by atomic mass is 32.2. The largest absolute Gasteiger partial charge is 0.379 e. The van der Waals surface area contributed by atoms with E-state index in [4.69, 9.17) is 5.73 Å². The molecule has 0 saturated heterocycles. The Balaban J connectivity index is 1.64. The summed E-state index contributed by atoms with van der Waals surface area (Å²) in [5, 5.41) is 6.33. The van der Waals surface area contributed by atoms with Crippen LogP contribution in [0.3, 0.4) is 0 Å². The van der Waals surface area contributed by atoms with E-state index in [-0.39, 0.29) is 11.6 Å². The predicted octanol–water partition coefficient (Wildman–Crippen LogP) is 3.68. The fourth-order valence-electron chi connectivity index (χ4n) is 2.79. The van der Waals surface area contributed by atoms with Crippen molar-refractivity contribution in [1.82, 2.24) is 5.32 Å². The molecule has 6 heteroatoms. The van der Waals surface area contributed by atoms with Gasteiger partial charge < -0.3 is 16.4 Å². The maximum absolute atomic E-state index is 12.0. The van der Waals surface area contributed by atoms with Crippen molar-refractivity contribution in [3.05, 3.63) is 65.7 Å². The molecule has 0 saturated carbocycles. The summed E-state index contributed by atoms with van der Waals surface area (Å²) < 4.78 is 0. The number of amides is 2. The summed E-state index contributed by atoms with van der Waals surface area (Å²) in [6.45, 7) is 2.56. The van der Waals surface area contributed by atoms with Crippen molar-refractivity contribution in [2.75, 3.05) is 11.1 Å². The van der Waals surface area contributed by atoms with E-state index in [0.29, 0.717) is 11.7 Å². The van der Waals surface area contributed by atoms with Crippen molar-refractivity contribution in [1.29, 1.82) is 0 Å². The Kier molecular flexibility index (Phi) is 5.28. The van der Waals surface area contributed by atoms with Gasteiger partial charge in [0.2, 0.25) is 0 Å². The summed E-state index contributed by atoms with van der Waals surface area (Å²) >= 11 is 1.60. The van der Waals surface area contributed by atoms with Gasteiger partial charge in [-0.25, -0.2) is 4.79 Å². The number of hydrogen-bond acceptors (Lipinski definition) is 4. The molecule has 0 aromatic heterocycles. The molecule has 1 atom stereocenters. The first-order chi connectivity index (χ1) is 12.0. The van der Waals surface area contributed by atoms with Gasteiger partial charge in [0, 0.05) is 18.0 Å². The molecule has 2 aromatic rings. The average Bonchev–Trinajstić information content (AvgIpc) is 2.61. The van der Waals surface area contributed by atoms with Gasteiger partial charge >= 0.3 is 6.03 Å². The number of benzene rings is 2. The third-order valence-electron chi connectivity index (χ3n) is 4.23. The molecule has 25 heavy (non-hydrogen) atoms. The molecule has 1 heterocycles. The zero-order valence-corrected chi connectivity index (χ0v) is 15.0. The van der Waals surface area contributed by atoms with E-state index >= 15 is 0 Å². The Labute approximate surface area is 152 Å². The first-order valence-corrected chi connectivity index (χ1v) is 9.21. The average molecular weight is 354 g/mol. The van der Waals surface area contributed by atoms with Gasteiger partial charge in [-0.1, -0.05) is 54.2 Å². The Morgan fingerprint density at radius 2 is 2.04 bits per heavy atom. The number of rotatable bonds is 4. The van der Waals surface area contributed by atoms with Crippen molar-refractivity contribution in [3.63, 3.8) is 0 Å². The lowest BCUT2D eigenvalue weighted by Crippen LogP contribution is -2.30. The molecule has 1 unspecified atom stereocenters. The lowest BCUT2D eigenvalue weighted by atomic mass is 9.89. The van der Waals surface area contributed by atoms with Gasteiger partial charge in [0.05, 0.1) is 5.54 Å². The molecule has 2 amide bonds. The van der Waals surface area contributed by atoms with Gasteiger partial charge in [0.1, 0.15) is 0 Å². The molecule has 0 aliphatic carbocycles. The molecule has 0 bridgehead atoms. The fourth-order valence-corrected chi connectivity index (χ4v) is 3.76. The van der Waals surface area contributed by atoms with Crippen molar-refractivity contribution in [2.45, 2.75) is 25.4 Å². The highest BCUT2D eigenvalue weighted by Crippen LogP contribution is 2.35. The van der Waals surface area contributed by atoms with Crippen molar-refractivity contribution in [2.24, 2.45) is 10.7 Å². The Morgan fingerprint density at radius 3 is 2.80 bits per heavy atom. The maximum atomic E-state index is 12.0. The number of nitrogens with one attached hydrogen (secondary N) is 2. The van der Waals surface area contributed by atoms with E-state index in [1.54, 1.807) is 11.8 Å².